The van der Waals surface area contributed by atoms with Gasteiger partial charge >= 0.3 is 0 Å². The highest BCUT2D eigenvalue weighted by Gasteiger charge is 2.03. The first-order valence-electron chi connectivity index (χ1n) is 8.65. The number of benzene rings is 1. The van der Waals surface area contributed by atoms with E-state index in [1.54, 1.807) is 6.07 Å². The minimum atomic E-state index is -0.172. The summed E-state index contributed by atoms with van der Waals surface area (Å²) in [5.41, 5.74) is 8.89. The molecular formula is C17H26N4O6. The number of azide groups is 1. The predicted molar refractivity (Wildman–Crippen MR) is 97.6 cm³/mol. The maximum atomic E-state index is 11.7. The molecule has 0 bridgehead atoms. The fourth-order valence-corrected chi connectivity index (χ4v) is 2.02. The molecule has 0 saturated heterocycles. The van der Waals surface area contributed by atoms with Crippen LogP contribution in [-0.4, -0.2) is 68.9 Å². The molecule has 27 heavy (non-hydrogen) atoms. The fraction of sp³-hybridized carbons (Fsp3) is 0.588. The van der Waals surface area contributed by atoms with Gasteiger partial charge in [-0.3, -0.25) is 4.79 Å². The highest BCUT2D eigenvalue weighted by Crippen LogP contribution is 2.24. The molecule has 0 aromatic heterocycles. The molecular weight excluding hydrogens is 356 g/mol. The Morgan fingerprint density at radius 2 is 1.70 bits per heavy atom. The van der Waals surface area contributed by atoms with Gasteiger partial charge in [0.25, 0.3) is 0 Å². The van der Waals surface area contributed by atoms with Crippen LogP contribution in [0.4, 0.5) is 0 Å². The number of phenols is 2. The van der Waals surface area contributed by atoms with Crippen molar-refractivity contribution < 1.29 is 29.2 Å². The van der Waals surface area contributed by atoms with Crippen molar-refractivity contribution in [2.45, 2.75) is 12.8 Å². The van der Waals surface area contributed by atoms with Gasteiger partial charge in [-0.15, -0.1) is 0 Å². The van der Waals surface area contributed by atoms with Gasteiger partial charge in [0.1, 0.15) is 0 Å². The lowest BCUT2D eigenvalue weighted by atomic mass is 10.1. The second-order valence-electron chi connectivity index (χ2n) is 5.46. The molecule has 3 N–H and O–H groups in total. The van der Waals surface area contributed by atoms with Crippen molar-refractivity contribution >= 4 is 5.91 Å². The summed E-state index contributed by atoms with van der Waals surface area (Å²) in [5.74, 6) is -0.455. The second kappa shape index (κ2) is 14.6. The van der Waals surface area contributed by atoms with E-state index in [9.17, 15) is 15.0 Å². The zero-order valence-electron chi connectivity index (χ0n) is 15.2. The summed E-state index contributed by atoms with van der Waals surface area (Å²) >= 11 is 0. The number of carbonyl (C=O) groups is 1. The van der Waals surface area contributed by atoms with Crippen LogP contribution >= 0.6 is 0 Å². The molecule has 0 fully saturated rings. The van der Waals surface area contributed by atoms with Crippen LogP contribution in [0, 0.1) is 0 Å². The molecule has 0 aliphatic heterocycles. The summed E-state index contributed by atoms with van der Waals surface area (Å²) in [7, 11) is 0. The van der Waals surface area contributed by atoms with Crippen molar-refractivity contribution in [2.24, 2.45) is 5.11 Å². The lowest BCUT2D eigenvalue weighted by molar-refractivity contribution is -0.122. The summed E-state index contributed by atoms with van der Waals surface area (Å²) in [5, 5.41) is 24.7. The number of phenolic OH excluding ortho intramolecular Hbond substituents is 2. The standard InChI is InChI=1S/C17H26N4O6/c18-21-20-6-8-26-10-12-27-11-9-25-7-4-17(24)19-5-3-14-1-2-15(22)16(23)13-14/h1-2,13,22-23H,3-12H2,(H,19,24). The number of hydrogen-bond donors (Lipinski definition) is 3. The van der Waals surface area contributed by atoms with Gasteiger partial charge in [0.05, 0.1) is 39.6 Å². The summed E-state index contributed by atoms with van der Waals surface area (Å²) in [6.07, 6.45) is 0.808. The molecule has 10 heteroatoms. The number of amides is 1. The third-order valence-corrected chi connectivity index (χ3v) is 3.39. The van der Waals surface area contributed by atoms with E-state index in [0.29, 0.717) is 59.2 Å². The van der Waals surface area contributed by atoms with Gasteiger partial charge in [0, 0.05) is 24.4 Å². The smallest absolute Gasteiger partial charge is 0.222 e. The molecule has 0 unspecified atom stereocenters. The highest BCUT2D eigenvalue weighted by molar-refractivity contribution is 5.75. The average Bonchev–Trinajstić information content (AvgIpc) is 2.65. The van der Waals surface area contributed by atoms with Crippen molar-refractivity contribution in [3.63, 3.8) is 0 Å². The highest BCUT2D eigenvalue weighted by atomic mass is 16.5. The Kier molecular flexibility index (Phi) is 12.2. The van der Waals surface area contributed by atoms with Crippen molar-refractivity contribution in [2.75, 3.05) is 52.7 Å². The van der Waals surface area contributed by atoms with E-state index in [2.05, 4.69) is 15.3 Å². The molecule has 1 amide bonds. The first-order chi connectivity index (χ1) is 13.1. The Bertz CT molecular complexity index is 607. The first-order valence-corrected chi connectivity index (χ1v) is 8.65. The van der Waals surface area contributed by atoms with Crippen LogP contribution in [0.5, 0.6) is 11.5 Å². The Labute approximate surface area is 157 Å². The van der Waals surface area contributed by atoms with E-state index in [1.807, 2.05) is 0 Å². The average molecular weight is 382 g/mol. The van der Waals surface area contributed by atoms with E-state index >= 15 is 0 Å². The van der Waals surface area contributed by atoms with Crippen LogP contribution in [0.3, 0.4) is 0 Å². The maximum absolute atomic E-state index is 11.7. The third-order valence-electron chi connectivity index (χ3n) is 3.39. The Morgan fingerprint density at radius 1 is 1.04 bits per heavy atom. The van der Waals surface area contributed by atoms with E-state index in [-0.39, 0.29) is 23.8 Å². The molecule has 0 aliphatic carbocycles. The van der Waals surface area contributed by atoms with Gasteiger partial charge in [-0.2, -0.15) is 0 Å². The normalized spacial score (nSPS) is 10.4. The predicted octanol–water partition coefficient (Wildman–Crippen LogP) is 1.51. The molecule has 150 valence electrons. The molecule has 0 radical (unpaired) electrons. The fourth-order valence-electron chi connectivity index (χ4n) is 2.02. The van der Waals surface area contributed by atoms with Gasteiger partial charge in [-0.25, -0.2) is 0 Å². The molecule has 0 atom stereocenters. The maximum Gasteiger partial charge on any atom is 0.222 e. The molecule has 1 aromatic carbocycles. The van der Waals surface area contributed by atoms with Crippen LogP contribution in [0.2, 0.25) is 0 Å². The van der Waals surface area contributed by atoms with Crippen molar-refractivity contribution in [1.29, 1.82) is 0 Å². The number of hydrogen-bond acceptors (Lipinski definition) is 7. The Balaban J connectivity index is 1.91. The van der Waals surface area contributed by atoms with E-state index in [1.165, 1.54) is 12.1 Å². The minimum Gasteiger partial charge on any atom is -0.504 e. The topological polar surface area (TPSA) is 146 Å². The number of ether oxygens (including phenoxy) is 3. The van der Waals surface area contributed by atoms with Crippen LogP contribution in [0.1, 0.15) is 12.0 Å². The van der Waals surface area contributed by atoms with Gasteiger partial charge in [-0.1, -0.05) is 11.2 Å². The van der Waals surface area contributed by atoms with Gasteiger partial charge in [-0.05, 0) is 29.6 Å². The number of aromatic hydroxyl groups is 2. The quantitative estimate of drug-likeness (QED) is 0.138. The monoisotopic (exact) mass is 382 g/mol. The van der Waals surface area contributed by atoms with E-state index in [0.717, 1.165) is 5.56 Å². The van der Waals surface area contributed by atoms with Crippen LogP contribution < -0.4 is 5.32 Å². The zero-order chi connectivity index (χ0) is 19.7. The Hall–Kier alpha value is -2.52. The lowest BCUT2D eigenvalue weighted by Gasteiger charge is -2.08. The molecule has 0 heterocycles. The van der Waals surface area contributed by atoms with E-state index < -0.39 is 0 Å². The first kappa shape index (κ1) is 22.5. The lowest BCUT2D eigenvalue weighted by Crippen LogP contribution is -2.26. The summed E-state index contributed by atoms with van der Waals surface area (Å²) in [6.45, 7) is 3.05. The zero-order valence-corrected chi connectivity index (χ0v) is 15.2. The molecule has 1 aromatic rings. The molecule has 10 nitrogen and oxygen atoms in total. The van der Waals surface area contributed by atoms with Crippen LogP contribution in [0.15, 0.2) is 23.3 Å². The van der Waals surface area contributed by atoms with Crippen LogP contribution in [-0.2, 0) is 25.4 Å². The van der Waals surface area contributed by atoms with Crippen molar-refractivity contribution in [3.8, 4) is 11.5 Å². The summed E-state index contributed by atoms with van der Waals surface area (Å²) < 4.78 is 15.8. The molecule has 0 aliphatic rings. The van der Waals surface area contributed by atoms with Gasteiger partial charge in [0.2, 0.25) is 5.91 Å². The molecule has 1 rings (SSSR count). The number of rotatable bonds is 15. The SMILES string of the molecule is [N-]=[N+]=NCCOCCOCCOCCC(=O)NCCc1ccc(O)c(O)c1. The van der Waals surface area contributed by atoms with Gasteiger partial charge < -0.3 is 29.7 Å². The second-order valence-corrected chi connectivity index (χ2v) is 5.46. The van der Waals surface area contributed by atoms with Gasteiger partial charge in [0.15, 0.2) is 11.5 Å². The Morgan fingerprint density at radius 3 is 2.37 bits per heavy atom. The molecule has 0 spiro atoms. The van der Waals surface area contributed by atoms with Crippen molar-refractivity contribution in [1.82, 2.24) is 5.32 Å². The van der Waals surface area contributed by atoms with Crippen molar-refractivity contribution in [3.05, 3.63) is 34.2 Å². The summed E-state index contributed by atoms with van der Waals surface area (Å²) in [4.78, 5) is 14.3. The largest absolute Gasteiger partial charge is 0.504 e. The molecule has 0 saturated carbocycles. The van der Waals surface area contributed by atoms with Crippen LogP contribution in [0.25, 0.3) is 10.4 Å². The van der Waals surface area contributed by atoms with E-state index in [4.69, 9.17) is 19.7 Å². The number of nitrogens with zero attached hydrogens (tertiary/aromatic N) is 3. The summed E-state index contributed by atoms with van der Waals surface area (Å²) in [6, 6.07) is 4.57. The number of carbonyl (C=O) groups excluding carboxylic acids is 1. The minimum absolute atomic E-state index is 0.118. The number of nitrogens with one attached hydrogen (secondary N) is 1. The third kappa shape index (κ3) is 11.7.